The summed E-state index contributed by atoms with van der Waals surface area (Å²) in [5.41, 5.74) is 0. The fourth-order valence-electron chi connectivity index (χ4n) is 1.36. The van der Waals surface area contributed by atoms with E-state index in [2.05, 4.69) is 0 Å². The standard InChI is InChI=1S/C15H30O9/c1-18-5-6-20-9-10-22-12-14-24-15(17)23-13-11-21-8-7-19-4-2-3-16/h16H,2-14H2,1H3. The molecule has 0 aliphatic carbocycles. The first-order chi connectivity index (χ1) is 11.8. The number of methoxy groups -OCH3 is 1. The Balaban J connectivity index is 3.13. The van der Waals surface area contributed by atoms with Crippen molar-refractivity contribution in [2.45, 2.75) is 6.42 Å². The largest absolute Gasteiger partial charge is 0.508 e. The summed E-state index contributed by atoms with van der Waals surface area (Å²) in [6.07, 6.45) is -0.141. The maximum Gasteiger partial charge on any atom is 0.508 e. The van der Waals surface area contributed by atoms with Crippen molar-refractivity contribution in [2.75, 3.05) is 86.4 Å². The van der Waals surface area contributed by atoms with Crippen LogP contribution in [0.3, 0.4) is 0 Å². The summed E-state index contributed by atoms with van der Waals surface area (Å²) in [5, 5.41) is 8.55. The van der Waals surface area contributed by atoms with Crippen molar-refractivity contribution < 1.29 is 43.1 Å². The van der Waals surface area contributed by atoms with Gasteiger partial charge < -0.3 is 38.3 Å². The summed E-state index contributed by atoms with van der Waals surface area (Å²) >= 11 is 0. The molecule has 0 aromatic rings. The zero-order chi connectivity index (χ0) is 17.7. The second-order valence-electron chi connectivity index (χ2n) is 4.47. The first-order valence-corrected chi connectivity index (χ1v) is 8.01. The van der Waals surface area contributed by atoms with E-state index in [0.29, 0.717) is 52.7 Å². The van der Waals surface area contributed by atoms with Gasteiger partial charge in [-0.3, -0.25) is 0 Å². The van der Waals surface area contributed by atoms with E-state index in [0.717, 1.165) is 0 Å². The molecule has 0 aliphatic rings. The Morgan fingerprint density at radius 1 is 0.667 bits per heavy atom. The topological polar surface area (TPSA) is 102 Å². The molecule has 24 heavy (non-hydrogen) atoms. The van der Waals surface area contributed by atoms with Crippen molar-refractivity contribution >= 4 is 6.16 Å². The highest BCUT2D eigenvalue weighted by molar-refractivity contribution is 5.59. The molecule has 144 valence electrons. The number of hydrogen-bond donors (Lipinski definition) is 1. The van der Waals surface area contributed by atoms with Gasteiger partial charge in [-0.05, 0) is 6.42 Å². The smallest absolute Gasteiger partial charge is 0.432 e. The maximum absolute atomic E-state index is 11.2. The third kappa shape index (κ3) is 19.1. The lowest BCUT2D eigenvalue weighted by Crippen LogP contribution is -2.17. The normalized spacial score (nSPS) is 10.8. The van der Waals surface area contributed by atoms with Crippen molar-refractivity contribution in [1.29, 1.82) is 0 Å². The Morgan fingerprint density at radius 2 is 1.08 bits per heavy atom. The Kier molecular flexibility index (Phi) is 19.3. The molecule has 0 radical (unpaired) electrons. The van der Waals surface area contributed by atoms with Crippen LogP contribution in [-0.4, -0.2) is 97.7 Å². The lowest BCUT2D eigenvalue weighted by Gasteiger charge is -2.08. The number of ether oxygens (including phenoxy) is 7. The van der Waals surface area contributed by atoms with Crippen molar-refractivity contribution in [3.63, 3.8) is 0 Å². The average molecular weight is 354 g/mol. The minimum Gasteiger partial charge on any atom is -0.432 e. The van der Waals surface area contributed by atoms with Crippen LogP contribution in [0.4, 0.5) is 4.79 Å². The second-order valence-corrected chi connectivity index (χ2v) is 4.47. The molecule has 9 nitrogen and oxygen atoms in total. The lowest BCUT2D eigenvalue weighted by molar-refractivity contribution is -0.00959. The summed E-state index contributed by atoms with van der Waals surface area (Å²) in [6, 6.07) is 0. The van der Waals surface area contributed by atoms with Gasteiger partial charge in [0.1, 0.15) is 13.2 Å². The number of carbonyl (C=O) groups excluding carboxylic acids is 1. The molecule has 0 amide bonds. The molecule has 0 fully saturated rings. The van der Waals surface area contributed by atoms with Crippen molar-refractivity contribution in [3.05, 3.63) is 0 Å². The van der Waals surface area contributed by atoms with Crippen LogP contribution in [0.1, 0.15) is 6.42 Å². The van der Waals surface area contributed by atoms with Crippen LogP contribution in [0.2, 0.25) is 0 Å². The molecular formula is C15H30O9. The Hall–Kier alpha value is -0.970. The van der Waals surface area contributed by atoms with Crippen LogP contribution in [0.5, 0.6) is 0 Å². The Morgan fingerprint density at radius 3 is 1.54 bits per heavy atom. The summed E-state index contributed by atoms with van der Waals surface area (Å²) in [6.45, 7) is 4.23. The van der Waals surface area contributed by atoms with Crippen molar-refractivity contribution in [3.8, 4) is 0 Å². The highest BCUT2D eigenvalue weighted by Crippen LogP contribution is 1.88. The van der Waals surface area contributed by atoms with E-state index in [-0.39, 0.29) is 33.0 Å². The molecule has 0 aliphatic heterocycles. The first kappa shape index (κ1) is 23.0. The fourth-order valence-corrected chi connectivity index (χ4v) is 1.36. The van der Waals surface area contributed by atoms with Crippen molar-refractivity contribution in [2.24, 2.45) is 0 Å². The summed E-state index contributed by atoms with van der Waals surface area (Å²) < 4.78 is 35.2. The predicted octanol–water partition coefficient (Wildman–Crippen LogP) is 0.235. The van der Waals surface area contributed by atoms with Crippen LogP contribution in [0.25, 0.3) is 0 Å². The molecule has 0 unspecified atom stereocenters. The molecule has 1 N–H and O–H groups in total. The van der Waals surface area contributed by atoms with E-state index in [1.807, 2.05) is 0 Å². The molecule has 0 saturated heterocycles. The molecule has 0 aromatic carbocycles. The monoisotopic (exact) mass is 354 g/mol. The van der Waals surface area contributed by atoms with Gasteiger partial charge in [-0.1, -0.05) is 0 Å². The molecule has 0 bridgehead atoms. The summed E-state index contributed by atoms with van der Waals surface area (Å²) in [5.74, 6) is 0. The molecule has 0 saturated carbocycles. The van der Waals surface area contributed by atoms with E-state index in [1.165, 1.54) is 0 Å². The fraction of sp³-hybridized carbons (Fsp3) is 0.933. The predicted molar refractivity (Wildman–Crippen MR) is 84.2 cm³/mol. The number of rotatable bonds is 18. The molecule has 0 rings (SSSR count). The molecular weight excluding hydrogens is 324 g/mol. The SMILES string of the molecule is COCCOCCOCCOC(=O)OCCOCCOCCCO. The molecule has 0 spiro atoms. The maximum atomic E-state index is 11.2. The van der Waals surface area contributed by atoms with Crippen molar-refractivity contribution in [1.82, 2.24) is 0 Å². The van der Waals surface area contributed by atoms with E-state index < -0.39 is 6.16 Å². The molecule has 0 heterocycles. The number of carbonyl (C=O) groups is 1. The van der Waals surface area contributed by atoms with Gasteiger partial charge in [0, 0.05) is 20.3 Å². The average Bonchev–Trinajstić information content (AvgIpc) is 2.59. The summed E-state index contributed by atoms with van der Waals surface area (Å²) in [4.78, 5) is 11.2. The van der Waals surface area contributed by atoms with Gasteiger partial charge in [-0.15, -0.1) is 0 Å². The zero-order valence-electron chi connectivity index (χ0n) is 14.4. The van der Waals surface area contributed by atoms with Gasteiger partial charge in [0.2, 0.25) is 0 Å². The van der Waals surface area contributed by atoms with Crippen LogP contribution < -0.4 is 0 Å². The quantitative estimate of drug-likeness (QED) is 0.274. The van der Waals surface area contributed by atoms with Gasteiger partial charge in [0.15, 0.2) is 0 Å². The van der Waals surface area contributed by atoms with E-state index in [1.54, 1.807) is 7.11 Å². The van der Waals surface area contributed by atoms with Gasteiger partial charge in [-0.25, -0.2) is 4.79 Å². The van der Waals surface area contributed by atoms with E-state index in [4.69, 9.17) is 38.3 Å². The Labute approximate surface area is 143 Å². The third-order valence-electron chi connectivity index (χ3n) is 2.52. The number of aliphatic hydroxyl groups is 1. The van der Waals surface area contributed by atoms with Crippen LogP contribution in [0.15, 0.2) is 0 Å². The Bertz CT molecular complexity index is 239. The summed E-state index contributed by atoms with van der Waals surface area (Å²) in [7, 11) is 1.61. The van der Waals surface area contributed by atoms with Crippen LogP contribution in [-0.2, 0) is 33.2 Å². The van der Waals surface area contributed by atoms with Crippen LogP contribution >= 0.6 is 0 Å². The van der Waals surface area contributed by atoms with Gasteiger partial charge in [-0.2, -0.15) is 0 Å². The lowest BCUT2D eigenvalue weighted by atomic mass is 10.5. The highest BCUT2D eigenvalue weighted by atomic mass is 16.7. The first-order valence-electron chi connectivity index (χ1n) is 8.01. The van der Waals surface area contributed by atoms with Gasteiger partial charge >= 0.3 is 6.16 Å². The van der Waals surface area contributed by atoms with Crippen LogP contribution in [0, 0.1) is 0 Å². The minimum absolute atomic E-state index is 0.115. The third-order valence-corrected chi connectivity index (χ3v) is 2.52. The van der Waals surface area contributed by atoms with Gasteiger partial charge in [0.25, 0.3) is 0 Å². The number of aliphatic hydroxyl groups excluding tert-OH is 1. The van der Waals surface area contributed by atoms with E-state index >= 15 is 0 Å². The number of hydrogen-bond acceptors (Lipinski definition) is 9. The van der Waals surface area contributed by atoms with E-state index in [9.17, 15) is 4.79 Å². The molecule has 0 aromatic heterocycles. The molecule has 0 atom stereocenters. The zero-order valence-corrected chi connectivity index (χ0v) is 14.4. The molecule has 9 heteroatoms. The minimum atomic E-state index is -0.752. The van der Waals surface area contributed by atoms with Gasteiger partial charge in [0.05, 0.1) is 52.9 Å². The second kappa shape index (κ2) is 20.1. The highest BCUT2D eigenvalue weighted by Gasteiger charge is 2.03.